The monoisotopic (exact) mass is 687 g/mol. The van der Waals surface area contributed by atoms with Gasteiger partial charge >= 0.3 is 5.97 Å². The van der Waals surface area contributed by atoms with Gasteiger partial charge in [0.05, 0.1) is 24.7 Å². The first kappa shape index (κ1) is 35.6. The molecule has 0 saturated carbocycles. The van der Waals surface area contributed by atoms with Gasteiger partial charge in [0.25, 0.3) is 5.91 Å². The topological polar surface area (TPSA) is 165 Å². The molecule has 0 spiro atoms. The molecule has 1 heterocycles. The molecule has 5 rings (SSSR count). The van der Waals surface area contributed by atoms with Crippen molar-refractivity contribution in [2.45, 2.75) is 37.1 Å². The standard InChI is InChI=1S/C37H35F2N3O8/c38-25-10-6-22(7-11-25)31(44)19-18-29-34(42(36(29)47)27-14-12-26(39)13-15-27)24-8-16-28(17-9-24)50-21-32(45)41-33(23-4-2-1-3-5-23)35(46)40-30(20-43)37(48)49/h1-17,29-31,33-34,43-44H,18-21H2,(H,40,46)(H,41,45)(H,48,49). The largest absolute Gasteiger partial charge is 0.484 e. The van der Waals surface area contributed by atoms with Crippen molar-refractivity contribution in [3.05, 3.63) is 131 Å². The van der Waals surface area contributed by atoms with Gasteiger partial charge in [-0.25, -0.2) is 13.6 Å². The smallest absolute Gasteiger partial charge is 0.328 e. The summed E-state index contributed by atoms with van der Waals surface area (Å²) in [6, 6.07) is 22.6. The summed E-state index contributed by atoms with van der Waals surface area (Å²) in [6.07, 6.45) is -0.350. The number of rotatable bonds is 15. The highest BCUT2D eigenvalue weighted by molar-refractivity contribution is 6.03. The molecule has 11 nitrogen and oxygen atoms in total. The molecule has 5 N–H and O–H groups in total. The number of carbonyl (C=O) groups is 4. The van der Waals surface area contributed by atoms with Crippen LogP contribution < -0.4 is 20.3 Å². The molecule has 4 aromatic rings. The highest BCUT2D eigenvalue weighted by Crippen LogP contribution is 2.46. The summed E-state index contributed by atoms with van der Waals surface area (Å²) in [7, 11) is 0. The third-order valence-corrected chi connectivity index (χ3v) is 8.41. The molecule has 0 aromatic heterocycles. The molecule has 0 bridgehead atoms. The molecule has 1 aliphatic rings. The summed E-state index contributed by atoms with van der Waals surface area (Å²) in [5.74, 6) is -4.24. The van der Waals surface area contributed by atoms with Crippen molar-refractivity contribution >= 4 is 29.4 Å². The number of aliphatic hydroxyl groups excluding tert-OH is 2. The molecule has 5 unspecified atom stereocenters. The third kappa shape index (κ3) is 8.49. The molecule has 0 aliphatic carbocycles. The van der Waals surface area contributed by atoms with Crippen molar-refractivity contribution in [2.24, 2.45) is 5.92 Å². The number of hydrogen-bond donors (Lipinski definition) is 5. The highest BCUT2D eigenvalue weighted by atomic mass is 19.1. The lowest BCUT2D eigenvalue weighted by Crippen LogP contribution is -2.55. The first-order valence-corrected chi connectivity index (χ1v) is 15.8. The zero-order valence-corrected chi connectivity index (χ0v) is 26.6. The number of β-lactam (4-membered cyclic amide) rings is 1. The number of anilines is 1. The summed E-state index contributed by atoms with van der Waals surface area (Å²) < 4.78 is 32.7. The third-order valence-electron chi connectivity index (χ3n) is 8.41. The number of amides is 3. The number of carboxylic acids is 1. The van der Waals surface area contributed by atoms with Crippen molar-refractivity contribution in [1.82, 2.24) is 10.6 Å². The number of carboxylic acid groups (broad SMARTS) is 1. The molecule has 3 amide bonds. The molecular formula is C37H35F2N3O8. The van der Waals surface area contributed by atoms with E-state index in [2.05, 4.69) is 10.6 Å². The van der Waals surface area contributed by atoms with Crippen LogP contribution >= 0.6 is 0 Å². The van der Waals surface area contributed by atoms with Gasteiger partial charge in [-0.2, -0.15) is 0 Å². The quantitative estimate of drug-likeness (QED) is 0.117. The molecule has 13 heteroatoms. The highest BCUT2D eigenvalue weighted by Gasteiger charge is 2.48. The Morgan fingerprint density at radius 3 is 2.04 bits per heavy atom. The van der Waals surface area contributed by atoms with E-state index in [1.54, 1.807) is 59.5 Å². The molecule has 260 valence electrons. The first-order valence-electron chi connectivity index (χ1n) is 15.8. The average Bonchev–Trinajstić information content (AvgIpc) is 3.12. The van der Waals surface area contributed by atoms with Gasteiger partial charge in [-0.05, 0) is 78.1 Å². The number of halogens is 2. The minimum absolute atomic E-state index is 0.199. The number of benzene rings is 4. The van der Waals surface area contributed by atoms with Crippen LogP contribution in [0, 0.1) is 17.6 Å². The van der Waals surface area contributed by atoms with E-state index in [0.717, 1.165) is 5.56 Å². The van der Waals surface area contributed by atoms with Crippen LogP contribution in [0.2, 0.25) is 0 Å². The lowest BCUT2D eigenvalue weighted by atomic mass is 9.78. The van der Waals surface area contributed by atoms with Crippen LogP contribution in [0.5, 0.6) is 5.75 Å². The van der Waals surface area contributed by atoms with E-state index in [1.165, 1.54) is 48.5 Å². The lowest BCUT2D eigenvalue weighted by Gasteiger charge is -2.48. The Kier molecular flexibility index (Phi) is 11.5. The van der Waals surface area contributed by atoms with Crippen LogP contribution in [-0.4, -0.2) is 58.3 Å². The van der Waals surface area contributed by atoms with Gasteiger partial charge in [-0.15, -0.1) is 0 Å². The molecule has 1 aliphatic heterocycles. The minimum atomic E-state index is -1.57. The maximum atomic E-state index is 13.7. The van der Waals surface area contributed by atoms with Gasteiger partial charge < -0.3 is 35.6 Å². The second-order valence-corrected chi connectivity index (χ2v) is 11.7. The van der Waals surface area contributed by atoms with E-state index in [-0.39, 0.29) is 12.3 Å². The van der Waals surface area contributed by atoms with E-state index in [9.17, 15) is 43.3 Å². The van der Waals surface area contributed by atoms with Crippen molar-refractivity contribution in [3.63, 3.8) is 0 Å². The van der Waals surface area contributed by atoms with Crippen molar-refractivity contribution in [3.8, 4) is 5.75 Å². The molecule has 5 atom stereocenters. The van der Waals surface area contributed by atoms with Crippen LogP contribution in [-0.2, 0) is 19.2 Å². The summed E-state index contributed by atoms with van der Waals surface area (Å²) in [5, 5.41) is 34.0. The first-order chi connectivity index (χ1) is 24.0. The fourth-order valence-corrected chi connectivity index (χ4v) is 5.79. The molecule has 50 heavy (non-hydrogen) atoms. The fourth-order valence-electron chi connectivity index (χ4n) is 5.79. The Morgan fingerprint density at radius 2 is 1.44 bits per heavy atom. The van der Waals surface area contributed by atoms with E-state index < -0.39 is 72.8 Å². The van der Waals surface area contributed by atoms with Gasteiger partial charge in [0.2, 0.25) is 11.8 Å². The number of aliphatic hydroxyl groups is 2. The second-order valence-electron chi connectivity index (χ2n) is 11.7. The molecule has 0 radical (unpaired) electrons. The molecule has 1 fully saturated rings. The molecule has 1 saturated heterocycles. The lowest BCUT2D eigenvalue weighted by molar-refractivity contribution is -0.143. The Morgan fingerprint density at radius 1 is 0.820 bits per heavy atom. The van der Waals surface area contributed by atoms with Gasteiger partial charge in [0.1, 0.15) is 29.5 Å². The Hall–Kier alpha value is -5.66. The van der Waals surface area contributed by atoms with Crippen LogP contribution in [0.4, 0.5) is 14.5 Å². The Balaban J connectivity index is 1.26. The zero-order valence-electron chi connectivity index (χ0n) is 26.6. The number of hydrogen-bond acceptors (Lipinski definition) is 7. The van der Waals surface area contributed by atoms with Crippen molar-refractivity contribution in [2.75, 3.05) is 18.1 Å². The summed E-state index contributed by atoms with van der Waals surface area (Å²) >= 11 is 0. The molecular weight excluding hydrogens is 652 g/mol. The van der Waals surface area contributed by atoms with E-state index in [1.807, 2.05) is 0 Å². The number of ether oxygens (including phenoxy) is 1. The van der Waals surface area contributed by atoms with Crippen molar-refractivity contribution in [1.29, 1.82) is 0 Å². The van der Waals surface area contributed by atoms with E-state index >= 15 is 0 Å². The maximum absolute atomic E-state index is 13.7. The number of nitrogens with zero attached hydrogens (tertiary/aromatic N) is 1. The fraction of sp³-hybridized carbons (Fsp3) is 0.243. The Bertz CT molecular complexity index is 1790. The normalized spacial score (nSPS) is 17.2. The summed E-state index contributed by atoms with van der Waals surface area (Å²) in [5.41, 5.74) is 2.13. The number of nitrogens with one attached hydrogen (secondary N) is 2. The van der Waals surface area contributed by atoms with E-state index in [0.29, 0.717) is 29.0 Å². The number of aliphatic carboxylic acids is 1. The predicted octanol–water partition coefficient (Wildman–Crippen LogP) is 3.98. The van der Waals surface area contributed by atoms with Crippen LogP contribution in [0.3, 0.4) is 0 Å². The SMILES string of the molecule is O=C(COc1ccc(C2C(CCC(O)c3ccc(F)cc3)C(=O)N2c2ccc(F)cc2)cc1)NC(C(=O)NC(CO)C(=O)O)c1ccccc1. The van der Waals surface area contributed by atoms with Crippen LogP contribution in [0.1, 0.15) is 47.7 Å². The van der Waals surface area contributed by atoms with Crippen molar-refractivity contribution < 1.29 is 48.0 Å². The maximum Gasteiger partial charge on any atom is 0.328 e. The van der Waals surface area contributed by atoms with Gasteiger partial charge in [0, 0.05) is 5.69 Å². The Labute approximate surface area is 286 Å². The predicted molar refractivity (Wildman–Crippen MR) is 177 cm³/mol. The van der Waals surface area contributed by atoms with Gasteiger partial charge in [0.15, 0.2) is 6.61 Å². The minimum Gasteiger partial charge on any atom is -0.484 e. The summed E-state index contributed by atoms with van der Waals surface area (Å²) in [6.45, 7) is -1.34. The van der Waals surface area contributed by atoms with E-state index in [4.69, 9.17) is 4.74 Å². The second kappa shape index (κ2) is 16.2. The van der Waals surface area contributed by atoms with Crippen LogP contribution in [0.15, 0.2) is 103 Å². The van der Waals surface area contributed by atoms with Gasteiger partial charge in [-0.1, -0.05) is 54.6 Å². The van der Waals surface area contributed by atoms with Gasteiger partial charge in [-0.3, -0.25) is 14.4 Å². The zero-order chi connectivity index (χ0) is 35.8. The summed E-state index contributed by atoms with van der Waals surface area (Å²) in [4.78, 5) is 52.0. The average molecular weight is 688 g/mol. The molecule has 4 aromatic carbocycles. The van der Waals surface area contributed by atoms with Crippen LogP contribution in [0.25, 0.3) is 0 Å². The number of carbonyl (C=O) groups excluding carboxylic acids is 3.